The molecule has 0 saturated carbocycles. The van der Waals surface area contributed by atoms with Crippen LogP contribution in [0.3, 0.4) is 0 Å². The van der Waals surface area contributed by atoms with Crippen molar-refractivity contribution in [3.63, 3.8) is 0 Å². The van der Waals surface area contributed by atoms with Crippen LogP contribution in [0.25, 0.3) is 10.8 Å². The molecule has 1 saturated heterocycles. The number of pyridine rings is 1. The molecule has 1 aliphatic heterocycles. The lowest BCUT2D eigenvalue weighted by atomic mass is 10.1. The van der Waals surface area contributed by atoms with E-state index >= 15 is 0 Å². The fourth-order valence-corrected chi connectivity index (χ4v) is 4.30. The number of benzene rings is 2. The first kappa shape index (κ1) is 20.4. The molecule has 0 bridgehead atoms. The lowest BCUT2D eigenvalue weighted by Gasteiger charge is -2.34. The highest BCUT2D eigenvalue weighted by Crippen LogP contribution is 2.29. The van der Waals surface area contributed by atoms with E-state index in [1.165, 1.54) is 0 Å². The summed E-state index contributed by atoms with van der Waals surface area (Å²) in [7, 11) is -1.57. The van der Waals surface area contributed by atoms with Crippen molar-refractivity contribution >= 4 is 44.8 Å². The van der Waals surface area contributed by atoms with Crippen LogP contribution in [-0.2, 0) is 10.0 Å². The quantitative estimate of drug-likeness (QED) is 0.704. The average Bonchev–Trinajstić information content (AvgIpc) is 2.68. The van der Waals surface area contributed by atoms with Gasteiger partial charge >= 0.3 is 0 Å². The molecule has 1 aromatic heterocycles. The van der Waals surface area contributed by atoms with Gasteiger partial charge in [0.25, 0.3) is 10.0 Å². The van der Waals surface area contributed by atoms with Crippen LogP contribution in [0.5, 0.6) is 0 Å². The molecule has 3 aromatic rings. The van der Waals surface area contributed by atoms with Gasteiger partial charge in [0.1, 0.15) is 11.6 Å². The maximum Gasteiger partial charge on any atom is 0.263 e. The number of halogens is 1. The van der Waals surface area contributed by atoms with Crippen molar-refractivity contribution in [2.75, 3.05) is 42.8 Å². The molecule has 1 aliphatic rings. The Kier molecular flexibility index (Phi) is 6.07. The van der Waals surface area contributed by atoms with E-state index in [9.17, 15) is 8.42 Å². The van der Waals surface area contributed by atoms with Crippen LogP contribution in [0.2, 0.25) is 0 Å². The molecule has 2 heterocycles. The lowest BCUT2D eigenvalue weighted by molar-refractivity contribution is 0.312. The van der Waals surface area contributed by atoms with E-state index < -0.39 is 10.0 Å². The number of nitrogens with zero attached hydrogens (tertiary/aromatic N) is 3. The summed E-state index contributed by atoms with van der Waals surface area (Å²) < 4.78 is 28.0. The maximum atomic E-state index is 12.7. The normalized spacial score (nSPS) is 15.2. The number of sulfonamides is 1. The standard InChI is InChI=1S/C20H22N4O2S.ClH/c1-23-11-13-24(14-12-23)20-18-10-6-5-7-16(18)15-19(21-20)22-27(25,26)17-8-3-2-4-9-17;/h2-10,15H,11-14H2,1H3,(H,21,22);1H. The van der Waals surface area contributed by atoms with Gasteiger partial charge in [0.15, 0.2) is 0 Å². The van der Waals surface area contributed by atoms with Crippen molar-refractivity contribution in [1.82, 2.24) is 9.88 Å². The van der Waals surface area contributed by atoms with E-state index in [0.29, 0.717) is 5.82 Å². The van der Waals surface area contributed by atoms with E-state index in [1.807, 2.05) is 24.3 Å². The second-order valence-electron chi connectivity index (χ2n) is 6.76. The largest absolute Gasteiger partial charge is 0.353 e. The maximum absolute atomic E-state index is 12.7. The van der Waals surface area contributed by atoms with Crippen molar-refractivity contribution in [3.05, 3.63) is 60.7 Å². The van der Waals surface area contributed by atoms with Crippen LogP contribution in [0.4, 0.5) is 11.6 Å². The third kappa shape index (κ3) is 4.22. The van der Waals surface area contributed by atoms with E-state index in [-0.39, 0.29) is 17.3 Å². The minimum absolute atomic E-state index is 0. The number of hydrogen-bond acceptors (Lipinski definition) is 5. The predicted molar refractivity (Wildman–Crippen MR) is 116 cm³/mol. The Morgan fingerprint density at radius 2 is 1.57 bits per heavy atom. The molecule has 0 unspecified atom stereocenters. The highest BCUT2D eigenvalue weighted by Gasteiger charge is 2.20. The van der Waals surface area contributed by atoms with Gasteiger partial charge in [-0.25, -0.2) is 13.4 Å². The summed E-state index contributed by atoms with van der Waals surface area (Å²) in [6.45, 7) is 3.64. The van der Waals surface area contributed by atoms with Crippen molar-refractivity contribution in [1.29, 1.82) is 0 Å². The summed E-state index contributed by atoms with van der Waals surface area (Å²) in [5, 5.41) is 2.00. The first-order chi connectivity index (χ1) is 13.0. The molecule has 0 amide bonds. The van der Waals surface area contributed by atoms with Crippen molar-refractivity contribution in [2.45, 2.75) is 4.90 Å². The van der Waals surface area contributed by atoms with Gasteiger partial charge in [-0.05, 0) is 30.6 Å². The Hall–Kier alpha value is -2.35. The number of fused-ring (bicyclic) bond motifs is 1. The van der Waals surface area contributed by atoms with Crippen LogP contribution in [0.15, 0.2) is 65.6 Å². The number of piperazine rings is 1. The first-order valence-electron chi connectivity index (χ1n) is 8.94. The Labute approximate surface area is 171 Å². The second-order valence-corrected chi connectivity index (χ2v) is 8.44. The highest BCUT2D eigenvalue weighted by atomic mass is 35.5. The van der Waals surface area contributed by atoms with Gasteiger partial charge in [-0.3, -0.25) is 4.72 Å². The van der Waals surface area contributed by atoms with Gasteiger partial charge in [-0.1, -0.05) is 42.5 Å². The lowest BCUT2D eigenvalue weighted by Crippen LogP contribution is -2.45. The second kappa shape index (κ2) is 8.34. The third-order valence-electron chi connectivity index (χ3n) is 4.82. The van der Waals surface area contributed by atoms with E-state index in [2.05, 4.69) is 26.6 Å². The molecule has 1 N–H and O–H groups in total. The molecule has 148 valence electrons. The van der Waals surface area contributed by atoms with Crippen molar-refractivity contribution in [2.24, 2.45) is 0 Å². The average molecular weight is 419 g/mol. The van der Waals surface area contributed by atoms with Gasteiger partial charge in [0.05, 0.1) is 4.90 Å². The van der Waals surface area contributed by atoms with E-state index in [0.717, 1.165) is 42.8 Å². The van der Waals surface area contributed by atoms with Crippen LogP contribution >= 0.6 is 12.4 Å². The number of aromatic nitrogens is 1. The van der Waals surface area contributed by atoms with Crippen LogP contribution < -0.4 is 9.62 Å². The summed E-state index contributed by atoms with van der Waals surface area (Å²) in [4.78, 5) is 9.40. The molecule has 0 atom stereocenters. The first-order valence-corrected chi connectivity index (χ1v) is 10.4. The molecule has 2 aromatic carbocycles. The Morgan fingerprint density at radius 1 is 0.929 bits per heavy atom. The SMILES string of the molecule is CN1CCN(c2nc(NS(=O)(=O)c3ccccc3)cc3ccccc23)CC1.Cl. The Bertz CT molecular complexity index is 1050. The van der Waals surface area contributed by atoms with E-state index in [1.54, 1.807) is 36.4 Å². The fourth-order valence-electron chi connectivity index (χ4n) is 3.29. The third-order valence-corrected chi connectivity index (χ3v) is 6.19. The summed E-state index contributed by atoms with van der Waals surface area (Å²) >= 11 is 0. The number of hydrogen-bond donors (Lipinski definition) is 1. The fraction of sp³-hybridized carbons (Fsp3) is 0.250. The Morgan fingerprint density at radius 3 is 2.29 bits per heavy atom. The molecule has 8 heteroatoms. The van der Waals surface area contributed by atoms with Crippen molar-refractivity contribution < 1.29 is 8.42 Å². The predicted octanol–water partition coefficient (Wildman–Crippen LogP) is 3.21. The molecule has 1 fully saturated rings. The number of nitrogens with one attached hydrogen (secondary N) is 1. The molecule has 0 spiro atoms. The number of likely N-dealkylation sites (N-methyl/N-ethyl adjacent to an activating group) is 1. The van der Waals surface area contributed by atoms with Crippen LogP contribution in [0.1, 0.15) is 0 Å². The molecule has 0 radical (unpaired) electrons. The topological polar surface area (TPSA) is 65.5 Å². The zero-order chi connectivity index (χ0) is 18.9. The van der Waals surface area contributed by atoms with Crippen LogP contribution in [-0.4, -0.2) is 51.5 Å². The van der Waals surface area contributed by atoms with Gasteiger partial charge in [-0.15, -0.1) is 12.4 Å². The van der Waals surface area contributed by atoms with Gasteiger partial charge in [-0.2, -0.15) is 0 Å². The number of rotatable bonds is 4. The van der Waals surface area contributed by atoms with Gasteiger partial charge in [0, 0.05) is 31.6 Å². The summed E-state index contributed by atoms with van der Waals surface area (Å²) in [6, 6.07) is 18.1. The molecule has 28 heavy (non-hydrogen) atoms. The highest BCUT2D eigenvalue weighted by molar-refractivity contribution is 7.92. The summed E-state index contributed by atoms with van der Waals surface area (Å²) in [5.41, 5.74) is 0. The smallest absolute Gasteiger partial charge is 0.263 e. The zero-order valence-electron chi connectivity index (χ0n) is 15.6. The minimum Gasteiger partial charge on any atom is -0.353 e. The molecular formula is C20H23ClN4O2S. The summed E-state index contributed by atoms with van der Waals surface area (Å²) in [6.07, 6.45) is 0. The van der Waals surface area contributed by atoms with E-state index in [4.69, 9.17) is 0 Å². The number of anilines is 2. The molecule has 0 aliphatic carbocycles. The summed E-state index contributed by atoms with van der Waals surface area (Å²) in [5.74, 6) is 1.17. The monoisotopic (exact) mass is 418 g/mol. The molecule has 4 rings (SSSR count). The van der Waals surface area contributed by atoms with Crippen LogP contribution in [0, 0.1) is 0 Å². The van der Waals surface area contributed by atoms with Crippen molar-refractivity contribution in [3.8, 4) is 0 Å². The Balaban J connectivity index is 0.00000225. The molecule has 6 nitrogen and oxygen atoms in total. The zero-order valence-corrected chi connectivity index (χ0v) is 17.2. The van der Waals surface area contributed by atoms with Gasteiger partial charge < -0.3 is 9.80 Å². The molecular weight excluding hydrogens is 396 g/mol. The minimum atomic E-state index is -3.68. The van der Waals surface area contributed by atoms with Gasteiger partial charge in [0.2, 0.25) is 0 Å².